The molecule has 0 heterocycles. The van der Waals surface area contributed by atoms with Crippen molar-refractivity contribution in [1.82, 2.24) is 0 Å². The molecule has 1 aromatic rings. The van der Waals surface area contributed by atoms with E-state index < -0.39 is 18.4 Å². The van der Waals surface area contributed by atoms with Gasteiger partial charge in [-0.05, 0) is 0 Å². The molecule has 1 nitrogen and oxygen atoms in total. The quantitative estimate of drug-likeness (QED) is 0.430. The molecular weight excluding hydrogens is 349 g/mol. The van der Waals surface area contributed by atoms with E-state index in [4.69, 9.17) is 5.73 Å². The summed E-state index contributed by atoms with van der Waals surface area (Å²) in [4.78, 5) is 0. The van der Waals surface area contributed by atoms with Crippen LogP contribution >= 0.6 is 0 Å². The van der Waals surface area contributed by atoms with Crippen LogP contribution in [0.2, 0.25) is 13.3 Å². The molecule has 20 heavy (non-hydrogen) atoms. The Morgan fingerprint density at radius 2 is 1.25 bits per heavy atom. The van der Waals surface area contributed by atoms with Crippen molar-refractivity contribution >= 4 is 27.6 Å². The van der Waals surface area contributed by atoms with Crippen LogP contribution in [-0.2, 0) is 0 Å². The van der Waals surface area contributed by atoms with Gasteiger partial charge in [-0.1, -0.05) is 0 Å². The van der Waals surface area contributed by atoms with E-state index in [1.807, 2.05) is 0 Å². The van der Waals surface area contributed by atoms with Gasteiger partial charge in [-0.3, -0.25) is 0 Å². The van der Waals surface area contributed by atoms with E-state index in [0.717, 1.165) is 5.69 Å². The Kier molecular flexibility index (Phi) is 8.67. The minimum absolute atomic E-state index is 1.09. The van der Waals surface area contributed by atoms with Crippen molar-refractivity contribution in [3.63, 3.8) is 0 Å². The van der Waals surface area contributed by atoms with Crippen molar-refractivity contribution in [1.29, 1.82) is 0 Å². The SMILES string of the molecule is CCC[CH2][Sn]([CH2]CCC)([CH2]CCC)[c]1ccccc1N. The van der Waals surface area contributed by atoms with E-state index in [2.05, 4.69) is 45.0 Å². The number of hydrogen-bond acceptors (Lipinski definition) is 1. The molecule has 1 rings (SSSR count). The summed E-state index contributed by atoms with van der Waals surface area (Å²) in [5, 5.41) is 0. The molecule has 1 aromatic carbocycles. The molecule has 2 heteroatoms. The molecule has 0 radical (unpaired) electrons. The Morgan fingerprint density at radius 1 is 0.800 bits per heavy atom. The Hall–Kier alpha value is -0.181. The fraction of sp³-hybridized carbons (Fsp3) is 0.667. The number of para-hydroxylation sites is 1. The van der Waals surface area contributed by atoms with E-state index in [9.17, 15) is 0 Å². The predicted octanol–water partition coefficient (Wildman–Crippen LogP) is 5.32. The Morgan fingerprint density at radius 3 is 1.65 bits per heavy atom. The zero-order chi connectivity index (χ0) is 14.8. The third kappa shape index (κ3) is 4.98. The van der Waals surface area contributed by atoms with E-state index in [1.54, 1.807) is 3.58 Å². The van der Waals surface area contributed by atoms with E-state index in [-0.39, 0.29) is 0 Å². The topological polar surface area (TPSA) is 26.0 Å². The maximum absolute atomic E-state index is 6.37. The second-order valence-electron chi connectivity index (χ2n) is 6.18. The summed E-state index contributed by atoms with van der Waals surface area (Å²) in [6.07, 6.45) is 8.17. The van der Waals surface area contributed by atoms with Crippen LogP contribution in [0, 0.1) is 0 Å². The summed E-state index contributed by atoms with van der Waals surface area (Å²) < 4.78 is 6.12. The molecular formula is C18H33NSn. The van der Waals surface area contributed by atoms with Crippen molar-refractivity contribution in [2.75, 3.05) is 5.73 Å². The molecule has 0 saturated heterocycles. The molecule has 0 amide bonds. The first kappa shape index (κ1) is 17.9. The van der Waals surface area contributed by atoms with Gasteiger partial charge in [0.05, 0.1) is 0 Å². The van der Waals surface area contributed by atoms with Crippen LogP contribution in [0.3, 0.4) is 0 Å². The van der Waals surface area contributed by atoms with Crippen LogP contribution in [0.5, 0.6) is 0 Å². The first-order valence-corrected chi connectivity index (χ1v) is 16.0. The van der Waals surface area contributed by atoms with Gasteiger partial charge >= 0.3 is 130 Å². The van der Waals surface area contributed by atoms with Crippen LogP contribution < -0.4 is 9.31 Å². The molecule has 0 aliphatic rings. The summed E-state index contributed by atoms with van der Waals surface area (Å²) in [6.45, 7) is 6.97. The summed E-state index contributed by atoms with van der Waals surface area (Å²) in [5.41, 5.74) is 7.46. The number of hydrogen-bond donors (Lipinski definition) is 1. The predicted molar refractivity (Wildman–Crippen MR) is 95.4 cm³/mol. The van der Waals surface area contributed by atoms with E-state index in [0.29, 0.717) is 0 Å². The maximum atomic E-state index is 6.37. The minimum atomic E-state index is -2.28. The number of nitrogen functional groups attached to an aromatic ring is 1. The van der Waals surface area contributed by atoms with E-state index >= 15 is 0 Å². The van der Waals surface area contributed by atoms with Crippen molar-refractivity contribution < 1.29 is 0 Å². The monoisotopic (exact) mass is 383 g/mol. The van der Waals surface area contributed by atoms with Gasteiger partial charge in [0.25, 0.3) is 0 Å². The summed E-state index contributed by atoms with van der Waals surface area (Å²) >= 11 is -2.28. The van der Waals surface area contributed by atoms with Gasteiger partial charge in [0, 0.05) is 0 Å². The fourth-order valence-corrected chi connectivity index (χ4v) is 19.8. The third-order valence-electron chi connectivity index (χ3n) is 4.56. The molecule has 0 fully saturated rings. The summed E-state index contributed by atoms with van der Waals surface area (Å²) in [7, 11) is 0. The number of benzene rings is 1. The van der Waals surface area contributed by atoms with Gasteiger partial charge in [0.15, 0.2) is 0 Å². The van der Waals surface area contributed by atoms with E-state index in [1.165, 1.54) is 51.8 Å². The van der Waals surface area contributed by atoms with Gasteiger partial charge in [0.1, 0.15) is 0 Å². The zero-order valence-corrected chi connectivity index (χ0v) is 16.6. The second kappa shape index (κ2) is 9.70. The van der Waals surface area contributed by atoms with Crippen LogP contribution in [-0.4, -0.2) is 18.4 Å². The Bertz CT molecular complexity index is 354. The second-order valence-corrected chi connectivity index (χ2v) is 19.3. The Balaban J connectivity index is 3.08. The summed E-state index contributed by atoms with van der Waals surface area (Å²) in [6, 6.07) is 8.80. The number of anilines is 1. The standard InChI is InChI=1S/C6H6N.3C4H9.Sn/c7-6-4-2-1-3-5-6;3*1-3-4-2;/h1-4H,7H2;3*1,3-4H2,2H3;. The first-order valence-electron chi connectivity index (χ1n) is 8.55. The number of nitrogens with two attached hydrogens (primary N) is 1. The molecule has 0 atom stereocenters. The van der Waals surface area contributed by atoms with Crippen LogP contribution in [0.4, 0.5) is 5.69 Å². The van der Waals surface area contributed by atoms with Gasteiger partial charge in [-0.15, -0.1) is 0 Å². The van der Waals surface area contributed by atoms with Gasteiger partial charge < -0.3 is 0 Å². The molecule has 0 bridgehead atoms. The van der Waals surface area contributed by atoms with Gasteiger partial charge in [-0.2, -0.15) is 0 Å². The number of rotatable bonds is 10. The molecule has 0 unspecified atom stereocenters. The van der Waals surface area contributed by atoms with Crippen molar-refractivity contribution in [3.05, 3.63) is 24.3 Å². The van der Waals surface area contributed by atoms with Crippen molar-refractivity contribution in [2.45, 2.75) is 72.6 Å². The molecule has 0 spiro atoms. The van der Waals surface area contributed by atoms with Crippen LogP contribution in [0.15, 0.2) is 24.3 Å². The average Bonchev–Trinajstić information content (AvgIpc) is 2.48. The summed E-state index contributed by atoms with van der Waals surface area (Å²) in [5.74, 6) is 0. The molecule has 0 saturated carbocycles. The Labute approximate surface area is 130 Å². The van der Waals surface area contributed by atoms with Crippen LogP contribution in [0.25, 0.3) is 0 Å². The molecule has 0 aliphatic heterocycles. The van der Waals surface area contributed by atoms with Gasteiger partial charge in [-0.25, -0.2) is 0 Å². The number of unbranched alkanes of at least 4 members (excludes halogenated alkanes) is 3. The van der Waals surface area contributed by atoms with Crippen molar-refractivity contribution in [3.8, 4) is 0 Å². The third-order valence-corrected chi connectivity index (χ3v) is 20.3. The molecule has 114 valence electrons. The molecule has 2 N–H and O–H groups in total. The van der Waals surface area contributed by atoms with Gasteiger partial charge in [0.2, 0.25) is 0 Å². The zero-order valence-electron chi connectivity index (χ0n) is 13.8. The van der Waals surface area contributed by atoms with Crippen LogP contribution in [0.1, 0.15) is 59.3 Å². The fourth-order valence-electron chi connectivity index (χ4n) is 3.30. The molecule has 0 aromatic heterocycles. The normalized spacial score (nSPS) is 11.8. The molecule has 0 aliphatic carbocycles. The average molecular weight is 382 g/mol. The van der Waals surface area contributed by atoms with Crippen molar-refractivity contribution in [2.24, 2.45) is 0 Å². The first-order chi connectivity index (χ1) is 9.70.